The van der Waals surface area contributed by atoms with Gasteiger partial charge in [0.25, 0.3) is 21.5 Å². The normalized spacial score (nSPS) is 12.6. The summed E-state index contributed by atoms with van der Waals surface area (Å²) in [5.41, 5.74) is 2.27. The molecule has 1 amide bonds. The smallest absolute Gasteiger partial charge is 0.296 e. The molecule has 0 saturated carbocycles. The van der Waals surface area contributed by atoms with Gasteiger partial charge >= 0.3 is 0 Å². The zero-order valence-corrected chi connectivity index (χ0v) is 26.3. The average Bonchev–Trinajstić information content (AvgIpc) is 3.14. The Balaban J connectivity index is 1.59. The van der Waals surface area contributed by atoms with Gasteiger partial charge < -0.3 is 5.32 Å². The lowest BCUT2D eigenvalue weighted by Crippen LogP contribution is -2.44. The lowest BCUT2D eigenvalue weighted by Gasteiger charge is -2.32. The number of amides is 1. The van der Waals surface area contributed by atoms with Crippen molar-refractivity contribution < 1.29 is 13.2 Å². The van der Waals surface area contributed by atoms with E-state index in [0.717, 1.165) is 12.0 Å². The van der Waals surface area contributed by atoms with Gasteiger partial charge in [0, 0.05) is 23.7 Å². The number of aryl methyl sites for hydroxylation is 2. The SMILES string of the molecule is Cc1ccc(S(=O)(=O)Nc2c(C)n(C)n(-c3ccccc3)c2=O)cc1C(=O)NC(CCc1ccc(Cl)cc1)C(C)(C)C. The number of nitrogens with zero attached hydrogens (tertiary/aromatic N) is 2. The Kier molecular flexibility index (Phi) is 9.03. The molecule has 1 unspecified atom stereocenters. The number of hydrogen-bond acceptors (Lipinski definition) is 4. The number of hydrogen-bond donors (Lipinski definition) is 2. The molecule has 0 aliphatic rings. The highest BCUT2D eigenvalue weighted by molar-refractivity contribution is 7.92. The minimum Gasteiger partial charge on any atom is -0.349 e. The first-order valence-corrected chi connectivity index (χ1v) is 15.6. The summed E-state index contributed by atoms with van der Waals surface area (Å²) in [4.78, 5) is 26.7. The second kappa shape index (κ2) is 12.2. The minimum atomic E-state index is -4.19. The van der Waals surface area contributed by atoms with Gasteiger partial charge in [0.15, 0.2) is 0 Å². The molecule has 1 aromatic heterocycles. The van der Waals surface area contributed by atoms with Crippen molar-refractivity contribution in [2.24, 2.45) is 12.5 Å². The third-order valence-electron chi connectivity index (χ3n) is 7.54. The number of rotatable bonds is 9. The Morgan fingerprint density at radius 3 is 2.24 bits per heavy atom. The van der Waals surface area contributed by atoms with Crippen molar-refractivity contribution in [3.63, 3.8) is 0 Å². The Hall–Kier alpha value is -3.82. The fourth-order valence-corrected chi connectivity index (χ4v) is 6.08. The van der Waals surface area contributed by atoms with Crippen LogP contribution in [0.15, 0.2) is 82.5 Å². The summed E-state index contributed by atoms with van der Waals surface area (Å²) in [5.74, 6) is -0.358. The van der Waals surface area contributed by atoms with Gasteiger partial charge in [-0.2, -0.15) is 0 Å². The number of sulfonamides is 1. The van der Waals surface area contributed by atoms with E-state index in [1.165, 1.54) is 16.8 Å². The van der Waals surface area contributed by atoms with Crippen LogP contribution >= 0.6 is 11.6 Å². The largest absolute Gasteiger partial charge is 0.349 e. The summed E-state index contributed by atoms with van der Waals surface area (Å²) >= 11 is 6.02. The van der Waals surface area contributed by atoms with Crippen LogP contribution < -0.4 is 15.6 Å². The molecule has 1 heterocycles. The van der Waals surface area contributed by atoms with E-state index in [-0.39, 0.29) is 33.5 Å². The number of benzene rings is 3. The molecule has 2 N–H and O–H groups in total. The van der Waals surface area contributed by atoms with E-state index in [1.54, 1.807) is 55.9 Å². The van der Waals surface area contributed by atoms with Gasteiger partial charge in [-0.25, -0.2) is 13.1 Å². The monoisotopic (exact) mass is 608 g/mol. The highest BCUT2D eigenvalue weighted by Gasteiger charge is 2.28. The Bertz CT molecular complexity index is 1750. The van der Waals surface area contributed by atoms with Crippen LogP contribution in [-0.2, 0) is 23.5 Å². The number of carbonyl (C=O) groups excluding carboxylic acids is 1. The summed E-state index contributed by atoms with van der Waals surface area (Å²) in [6.07, 6.45) is 1.43. The van der Waals surface area contributed by atoms with Crippen molar-refractivity contribution in [2.75, 3.05) is 4.72 Å². The molecule has 42 heavy (non-hydrogen) atoms. The van der Waals surface area contributed by atoms with Crippen molar-refractivity contribution in [1.29, 1.82) is 0 Å². The first kappa shape index (κ1) is 31.1. The summed E-state index contributed by atoms with van der Waals surface area (Å²) < 4.78 is 32.5. The topological polar surface area (TPSA) is 102 Å². The first-order chi connectivity index (χ1) is 19.7. The van der Waals surface area contributed by atoms with Gasteiger partial charge in [0.1, 0.15) is 5.69 Å². The second-order valence-corrected chi connectivity index (χ2v) is 13.7. The number of nitrogens with one attached hydrogen (secondary N) is 2. The van der Waals surface area contributed by atoms with Gasteiger partial charge in [0.2, 0.25) is 0 Å². The number of halogens is 1. The van der Waals surface area contributed by atoms with E-state index in [2.05, 4.69) is 30.8 Å². The Morgan fingerprint density at radius 1 is 0.976 bits per heavy atom. The quantitative estimate of drug-likeness (QED) is 0.242. The Morgan fingerprint density at radius 2 is 1.62 bits per heavy atom. The lowest BCUT2D eigenvalue weighted by atomic mass is 9.83. The molecular weight excluding hydrogens is 572 g/mol. The average molecular weight is 609 g/mol. The number of anilines is 1. The molecule has 222 valence electrons. The summed E-state index contributed by atoms with van der Waals surface area (Å²) in [5, 5.41) is 3.80. The standard InChI is InChI=1S/C32H37ClN4O4S/c1-21-12-18-26(42(40,41)35-29-22(2)36(6)37(31(29)39)25-10-8-7-9-11-25)20-27(21)30(38)34-28(32(3,4)5)19-15-23-13-16-24(33)17-14-23/h7-14,16-18,20,28,35H,15,19H2,1-6H3,(H,34,38). The number of aromatic nitrogens is 2. The van der Waals surface area contributed by atoms with Crippen molar-refractivity contribution in [3.05, 3.63) is 111 Å². The zero-order valence-electron chi connectivity index (χ0n) is 24.7. The predicted octanol–water partition coefficient (Wildman–Crippen LogP) is 6.02. The van der Waals surface area contributed by atoms with Gasteiger partial charge in [0.05, 0.1) is 16.3 Å². The number of para-hydroxylation sites is 1. The van der Waals surface area contributed by atoms with Crippen molar-refractivity contribution in [1.82, 2.24) is 14.7 Å². The fraction of sp³-hybridized carbons (Fsp3) is 0.312. The van der Waals surface area contributed by atoms with E-state index >= 15 is 0 Å². The van der Waals surface area contributed by atoms with Crippen LogP contribution in [0.2, 0.25) is 5.02 Å². The molecular formula is C32H37ClN4O4S. The van der Waals surface area contributed by atoms with Crippen LogP contribution in [0.1, 0.15) is 54.4 Å². The first-order valence-electron chi connectivity index (χ1n) is 13.7. The molecule has 0 aliphatic carbocycles. The van der Waals surface area contributed by atoms with E-state index in [0.29, 0.717) is 28.4 Å². The highest BCUT2D eigenvalue weighted by atomic mass is 35.5. The molecule has 4 aromatic rings. The third-order valence-corrected chi connectivity index (χ3v) is 9.14. The maximum Gasteiger partial charge on any atom is 0.296 e. The summed E-state index contributed by atoms with van der Waals surface area (Å²) in [7, 11) is -2.50. The number of carbonyl (C=O) groups is 1. The molecule has 0 radical (unpaired) electrons. The maximum atomic E-state index is 13.5. The lowest BCUT2D eigenvalue weighted by molar-refractivity contribution is 0.0896. The molecule has 0 bridgehead atoms. The molecule has 0 saturated heterocycles. The van der Waals surface area contributed by atoms with E-state index < -0.39 is 15.6 Å². The molecule has 0 fully saturated rings. The van der Waals surface area contributed by atoms with Crippen LogP contribution in [0.5, 0.6) is 0 Å². The summed E-state index contributed by atoms with van der Waals surface area (Å²) in [6, 6.07) is 20.8. The van der Waals surface area contributed by atoms with Gasteiger partial charge in [-0.3, -0.25) is 19.0 Å². The summed E-state index contributed by atoms with van der Waals surface area (Å²) in [6.45, 7) is 9.60. The molecule has 1 atom stereocenters. The molecule has 4 rings (SSSR count). The molecule has 8 nitrogen and oxygen atoms in total. The molecule has 0 aliphatic heterocycles. The van der Waals surface area contributed by atoms with E-state index in [9.17, 15) is 18.0 Å². The van der Waals surface area contributed by atoms with E-state index in [1.807, 2.05) is 30.3 Å². The van der Waals surface area contributed by atoms with E-state index in [4.69, 9.17) is 11.6 Å². The van der Waals surface area contributed by atoms with Crippen LogP contribution in [0.25, 0.3) is 5.69 Å². The maximum absolute atomic E-state index is 13.5. The molecule has 3 aromatic carbocycles. The Labute approximate surface area is 252 Å². The molecule has 0 spiro atoms. The fourth-order valence-electron chi connectivity index (χ4n) is 4.81. The van der Waals surface area contributed by atoms with Gasteiger partial charge in [-0.05, 0) is 79.6 Å². The van der Waals surface area contributed by atoms with Crippen molar-refractivity contribution >= 4 is 33.2 Å². The minimum absolute atomic E-state index is 0.0528. The van der Waals surface area contributed by atoms with Crippen molar-refractivity contribution in [3.8, 4) is 5.69 Å². The second-order valence-electron chi connectivity index (χ2n) is 11.6. The van der Waals surface area contributed by atoms with Crippen LogP contribution in [0.3, 0.4) is 0 Å². The van der Waals surface area contributed by atoms with Crippen LogP contribution in [0, 0.1) is 19.3 Å². The van der Waals surface area contributed by atoms with Crippen molar-refractivity contribution in [2.45, 2.75) is 58.4 Å². The zero-order chi connectivity index (χ0) is 30.8. The van der Waals surface area contributed by atoms with Crippen LogP contribution in [0.4, 0.5) is 5.69 Å². The van der Waals surface area contributed by atoms with Gasteiger partial charge in [-0.15, -0.1) is 0 Å². The molecule has 10 heteroatoms. The highest BCUT2D eigenvalue weighted by Crippen LogP contribution is 2.26. The van der Waals surface area contributed by atoms with Gasteiger partial charge in [-0.1, -0.05) is 68.8 Å². The van der Waals surface area contributed by atoms with Crippen LogP contribution in [-0.4, -0.2) is 29.7 Å². The predicted molar refractivity (Wildman–Crippen MR) is 168 cm³/mol. The third kappa shape index (κ3) is 6.79.